The molecule has 2 atom stereocenters. The molecular weight excluding hydrogens is 204 g/mol. The van der Waals surface area contributed by atoms with E-state index in [2.05, 4.69) is 16.8 Å². The van der Waals surface area contributed by atoms with E-state index in [9.17, 15) is 4.21 Å². The molecule has 0 radical (unpaired) electrons. The summed E-state index contributed by atoms with van der Waals surface area (Å²) >= 11 is 1.52. The standard InChI is InChI=1S/C8H14N2OS2/c1-6(10(2)3)8-9-5-7(12-8)13(4)11/h5-6H,1-4H3. The molecule has 0 bridgehead atoms. The van der Waals surface area contributed by atoms with E-state index in [1.807, 2.05) is 14.1 Å². The lowest BCUT2D eigenvalue weighted by molar-refractivity contribution is 0.320. The summed E-state index contributed by atoms with van der Waals surface area (Å²) in [6.45, 7) is 2.08. The Hall–Kier alpha value is -0.260. The number of thiazole rings is 1. The smallest absolute Gasteiger partial charge is 0.111 e. The molecule has 13 heavy (non-hydrogen) atoms. The molecule has 0 N–H and O–H groups in total. The van der Waals surface area contributed by atoms with Crippen LogP contribution < -0.4 is 0 Å². The van der Waals surface area contributed by atoms with Crippen LogP contribution in [-0.4, -0.2) is 34.4 Å². The van der Waals surface area contributed by atoms with Gasteiger partial charge in [0.05, 0.1) is 23.0 Å². The van der Waals surface area contributed by atoms with Crippen LogP contribution in [0.2, 0.25) is 0 Å². The van der Waals surface area contributed by atoms with Gasteiger partial charge in [0, 0.05) is 6.26 Å². The zero-order valence-corrected chi connectivity index (χ0v) is 9.91. The average Bonchev–Trinajstić information content (AvgIpc) is 2.50. The lowest BCUT2D eigenvalue weighted by Crippen LogP contribution is -2.16. The van der Waals surface area contributed by atoms with Gasteiger partial charge in [-0.2, -0.15) is 0 Å². The minimum absolute atomic E-state index is 0.294. The van der Waals surface area contributed by atoms with Gasteiger partial charge in [0.2, 0.25) is 0 Å². The molecule has 0 aliphatic rings. The van der Waals surface area contributed by atoms with E-state index in [4.69, 9.17) is 0 Å². The normalized spacial score (nSPS) is 16.1. The van der Waals surface area contributed by atoms with Gasteiger partial charge in [-0.25, -0.2) is 4.98 Å². The molecule has 0 aromatic carbocycles. The van der Waals surface area contributed by atoms with Gasteiger partial charge in [-0.15, -0.1) is 11.3 Å². The molecular formula is C8H14N2OS2. The highest BCUT2D eigenvalue weighted by Gasteiger charge is 2.13. The van der Waals surface area contributed by atoms with Crippen molar-refractivity contribution in [3.05, 3.63) is 11.2 Å². The Morgan fingerprint density at radius 1 is 1.62 bits per heavy atom. The Morgan fingerprint density at radius 3 is 2.62 bits per heavy atom. The highest BCUT2D eigenvalue weighted by molar-refractivity contribution is 7.86. The van der Waals surface area contributed by atoms with Crippen molar-refractivity contribution in [1.82, 2.24) is 9.88 Å². The molecule has 2 unspecified atom stereocenters. The lowest BCUT2D eigenvalue weighted by Gasteiger charge is -2.16. The molecule has 0 aliphatic heterocycles. The predicted octanol–water partition coefficient (Wildman–Crippen LogP) is 1.50. The number of nitrogens with zero attached hydrogens (tertiary/aromatic N) is 2. The van der Waals surface area contributed by atoms with Crippen molar-refractivity contribution in [2.24, 2.45) is 0 Å². The zero-order chi connectivity index (χ0) is 10.0. The molecule has 0 amide bonds. The molecule has 0 aliphatic carbocycles. The Kier molecular flexibility index (Phi) is 3.58. The number of hydrogen-bond acceptors (Lipinski definition) is 4. The summed E-state index contributed by atoms with van der Waals surface area (Å²) in [5, 5.41) is 1.02. The summed E-state index contributed by atoms with van der Waals surface area (Å²) in [7, 11) is 3.12. The fourth-order valence-electron chi connectivity index (χ4n) is 0.819. The quantitative estimate of drug-likeness (QED) is 0.771. The van der Waals surface area contributed by atoms with Gasteiger partial charge < -0.3 is 4.90 Å². The van der Waals surface area contributed by atoms with E-state index in [1.165, 1.54) is 11.3 Å². The minimum atomic E-state index is -0.900. The van der Waals surface area contributed by atoms with Crippen LogP contribution in [0, 0.1) is 0 Å². The van der Waals surface area contributed by atoms with Crippen LogP contribution in [-0.2, 0) is 10.8 Å². The minimum Gasteiger partial charge on any atom is -0.300 e. The Bertz CT molecular complexity index is 309. The van der Waals surface area contributed by atoms with Crippen LogP contribution >= 0.6 is 11.3 Å². The maximum atomic E-state index is 11.1. The van der Waals surface area contributed by atoms with Gasteiger partial charge in [-0.3, -0.25) is 4.21 Å². The number of rotatable bonds is 3. The fourth-order valence-corrected chi connectivity index (χ4v) is 2.54. The van der Waals surface area contributed by atoms with Crippen LogP contribution in [0.1, 0.15) is 18.0 Å². The second-order valence-electron chi connectivity index (χ2n) is 3.11. The van der Waals surface area contributed by atoms with Crippen LogP contribution in [0.3, 0.4) is 0 Å². The molecule has 1 aromatic rings. The van der Waals surface area contributed by atoms with E-state index in [0.717, 1.165) is 9.22 Å². The Labute approximate surface area is 85.3 Å². The van der Waals surface area contributed by atoms with E-state index in [1.54, 1.807) is 12.5 Å². The van der Waals surface area contributed by atoms with Gasteiger partial charge >= 0.3 is 0 Å². The molecule has 1 aromatic heterocycles. The van der Waals surface area contributed by atoms with Gasteiger partial charge in [-0.05, 0) is 21.0 Å². The van der Waals surface area contributed by atoms with E-state index >= 15 is 0 Å². The zero-order valence-electron chi connectivity index (χ0n) is 8.27. The van der Waals surface area contributed by atoms with Gasteiger partial charge in [0.25, 0.3) is 0 Å². The molecule has 0 saturated carbocycles. The highest BCUT2D eigenvalue weighted by Crippen LogP contribution is 2.24. The predicted molar refractivity (Wildman–Crippen MR) is 56.5 cm³/mol. The van der Waals surface area contributed by atoms with Crippen LogP contribution in [0.25, 0.3) is 0 Å². The monoisotopic (exact) mass is 218 g/mol. The summed E-state index contributed by atoms with van der Waals surface area (Å²) in [4.78, 5) is 6.33. The third-order valence-electron chi connectivity index (χ3n) is 1.92. The lowest BCUT2D eigenvalue weighted by atomic mass is 10.3. The number of hydrogen-bond donors (Lipinski definition) is 0. The van der Waals surface area contributed by atoms with E-state index in [-0.39, 0.29) is 0 Å². The molecule has 74 valence electrons. The number of aromatic nitrogens is 1. The fraction of sp³-hybridized carbons (Fsp3) is 0.625. The third kappa shape index (κ3) is 2.59. The summed E-state index contributed by atoms with van der Waals surface area (Å²) in [6, 6.07) is 0.294. The van der Waals surface area contributed by atoms with Crippen molar-refractivity contribution in [2.45, 2.75) is 17.2 Å². The first-order valence-corrected chi connectivity index (χ1v) is 6.35. The largest absolute Gasteiger partial charge is 0.300 e. The molecule has 0 spiro atoms. The van der Waals surface area contributed by atoms with Crippen molar-refractivity contribution < 1.29 is 4.21 Å². The van der Waals surface area contributed by atoms with Crippen LogP contribution in [0.5, 0.6) is 0 Å². The summed E-state index contributed by atoms with van der Waals surface area (Å²) in [5.41, 5.74) is 0. The first-order valence-electron chi connectivity index (χ1n) is 3.98. The average molecular weight is 218 g/mol. The maximum Gasteiger partial charge on any atom is 0.111 e. The van der Waals surface area contributed by atoms with E-state index in [0.29, 0.717) is 6.04 Å². The highest BCUT2D eigenvalue weighted by atomic mass is 32.2. The topological polar surface area (TPSA) is 33.2 Å². The molecule has 5 heteroatoms. The molecule has 1 rings (SSSR count). The molecule has 0 fully saturated rings. The van der Waals surface area contributed by atoms with Crippen molar-refractivity contribution in [2.75, 3.05) is 20.4 Å². The Balaban J connectivity index is 2.85. The van der Waals surface area contributed by atoms with Gasteiger partial charge in [0.1, 0.15) is 9.22 Å². The van der Waals surface area contributed by atoms with Crippen molar-refractivity contribution in [3.8, 4) is 0 Å². The van der Waals surface area contributed by atoms with Gasteiger partial charge in [0.15, 0.2) is 0 Å². The second-order valence-corrected chi connectivity index (χ2v) is 5.78. The first-order chi connectivity index (χ1) is 6.02. The summed E-state index contributed by atoms with van der Waals surface area (Å²) in [5.74, 6) is 0. The van der Waals surface area contributed by atoms with Crippen LogP contribution in [0.15, 0.2) is 10.4 Å². The first kappa shape index (κ1) is 10.8. The SMILES string of the molecule is CC(c1ncc(S(C)=O)s1)N(C)C. The molecule has 1 heterocycles. The Morgan fingerprint density at radius 2 is 2.23 bits per heavy atom. The summed E-state index contributed by atoms with van der Waals surface area (Å²) in [6.07, 6.45) is 3.38. The van der Waals surface area contributed by atoms with E-state index < -0.39 is 10.8 Å². The third-order valence-corrected chi connectivity index (χ3v) is 4.51. The molecule has 0 saturated heterocycles. The second kappa shape index (κ2) is 4.30. The molecule has 3 nitrogen and oxygen atoms in total. The summed E-state index contributed by atoms with van der Waals surface area (Å²) < 4.78 is 12.0. The van der Waals surface area contributed by atoms with Crippen molar-refractivity contribution in [3.63, 3.8) is 0 Å². The van der Waals surface area contributed by atoms with Crippen molar-refractivity contribution >= 4 is 22.1 Å². The van der Waals surface area contributed by atoms with Crippen LogP contribution in [0.4, 0.5) is 0 Å². The van der Waals surface area contributed by atoms with Gasteiger partial charge in [-0.1, -0.05) is 0 Å². The maximum absolute atomic E-state index is 11.1. The van der Waals surface area contributed by atoms with Crippen molar-refractivity contribution in [1.29, 1.82) is 0 Å².